The van der Waals surface area contributed by atoms with Crippen LogP contribution in [-0.2, 0) is 22.4 Å². The highest BCUT2D eigenvalue weighted by Gasteiger charge is 2.26. The molecule has 0 N–H and O–H groups in total. The highest BCUT2D eigenvalue weighted by molar-refractivity contribution is 5.77. The second-order valence-electron chi connectivity index (χ2n) is 7.46. The van der Waals surface area contributed by atoms with Crippen LogP contribution in [0.2, 0.25) is 0 Å². The van der Waals surface area contributed by atoms with Gasteiger partial charge in [-0.3, -0.25) is 9.59 Å². The summed E-state index contributed by atoms with van der Waals surface area (Å²) in [4.78, 5) is 27.2. The van der Waals surface area contributed by atoms with E-state index in [-0.39, 0.29) is 11.8 Å². The van der Waals surface area contributed by atoms with Crippen molar-refractivity contribution in [2.24, 2.45) is 5.92 Å². The molecule has 0 spiro atoms. The number of nitrogens with zero attached hydrogens (tertiary/aromatic N) is 2. The van der Waals surface area contributed by atoms with Crippen LogP contribution in [0.5, 0.6) is 0 Å². The van der Waals surface area contributed by atoms with Crippen LogP contribution in [0.3, 0.4) is 0 Å². The van der Waals surface area contributed by atoms with Crippen molar-refractivity contribution in [2.75, 3.05) is 26.2 Å². The number of amides is 2. The van der Waals surface area contributed by atoms with E-state index in [0.717, 1.165) is 6.41 Å². The van der Waals surface area contributed by atoms with Gasteiger partial charge in [-0.15, -0.1) is 0 Å². The zero-order valence-electron chi connectivity index (χ0n) is 14.8. The van der Waals surface area contributed by atoms with Crippen molar-refractivity contribution in [2.45, 2.75) is 45.4 Å². The van der Waals surface area contributed by atoms with Gasteiger partial charge in [0.15, 0.2) is 0 Å². The lowest BCUT2D eigenvalue weighted by Gasteiger charge is -2.34. The van der Waals surface area contributed by atoms with Gasteiger partial charge in [0.05, 0.1) is 0 Å². The number of benzene rings is 1. The maximum absolute atomic E-state index is 12.7. The zero-order chi connectivity index (χ0) is 17.1. The summed E-state index contributed by atoms with van der Waals surface area (Å²) in [6, 6.07) is 6.83. The van der Waals surface area contributed by atoms with E-state index in [1.165, 1.54) is 36.0 Å². The molecule has 130 valence electrons. The largest absolute Gasteiger partial charge is 0.342 e. The normalized spacial score (nSPS) is 18.6. The minimum atomic E-state index is 0.222. The monoisotopic (exact) mass is 328 g/mol. The molecule has 3 rings (SSSR count). The van der Waals surface area contributed by atoms with Gasteiger partial charge in [0.1, 0.15) is 0 Å². The number of piperazine rings is 1. The fourth-order valence-electron chi connectivity index (χ4n) is 3.95. The Balaban J connectivity index is 1.68. The molecule has 1 fully saturated rings. The van der Waals surface area contributed by atoms with Crippen LogP contribution >= 0.6 is 0 Å². The Bertz CT molecular complexity index is 604. The van der Waals surface area contributed by atoms with Crippen LogP contribution in [0.1, 0.15) is 49.3 Å². The van der Waals surface area contributed by atoms with Gasteiger partial charge < -0.3 is 9.80 Å². The summed E-state index contributed by atoms with van der Waals surface area (Å²) in [7, 11) is 0. The van der Waals surface area contributed by atoms with Crippen LogP contribution in [-0.4, -0.2) is 48.3 Å². The van der Waals surface area contributed by atoms with E-state index in [0.29, 0.717) is 38.5 Å². The quantitative estimate of drug-likeness (QED) is 0.780. The lowest BCUT2D eigenvalue weighted by atomic mass is 9.84. The number of carbonyl (C=O) groups excluding carboxylic acids is 2. The molecule has 0 bridgehead atoms. The number of aryl methyl sites for hydroxylation is 2. The van der Waals surface area contributed by atoms with Crippen LogP contribution in [0, 0.1) is 5.92 Å². The van der Waals surface area contributed by atoms with Gasteiger partial charge >= 0.3 is 0 Å². The summed E-state index contributed by atoms with van der Waals surface area (Å²) in [5.41, 5.74) is 4.27. The van der Waals surface area contributed by atoms with Crippen LogP contribution in [0.15, 0.2) is 18.2 Å². The minimum absolute atomic E-state index is 0.222. The molecular formula is C20H28N2O2. The van der Waals surface area contributed by atoms with Crippen LogP contribution < -0.4 is 0 Å². The Morgan fingerprint density at radius 3 is 2.50 bits per heavy atom. The molecule has 1 aromatic carbocycles. The van der Waals surface area contributed by atoms with E-state index in [1.807, 2.05) is 4.90 Å². The lowest BCUT2D eigenvalue weighted by Crippen LogP contribution is -2.48. The van der Waals surface area contributed by atoms with E-state index in [9.17, 15) is 9.59 Å². The predicted octanol–water partition coefficient (Wildman–Crippen LogP) is 2.61. The minimum Gasteiger partial charge on any atom is -0.342 e. The molecule has 1 atom stereocenters. The maximum atomic E-state index is 12.7. The highest BCUT2D eigenvalue weighted by Crippen LogP contribution is 2.32. The topological polar surface area (TPSA) is 40.6 Å². The van der Waals surface area contributed by atoms with Crippen molar-refractivity contribution in [1.82, 2.24) is 9.80 Å². The van der Waals surface area contributed by atoms with Crippen molar-refractivity contribution < 1.29 is 9.59 Å². The summed E-state index contributed by atoms with van der Waals surface area (Å²) < 4.78 is 0. The number of fused-ring (bicyclic) bond motifs is 1. The second kappa shape index (κ2) is 7.37. The Morgan fingerprint density at radius 2 is 1.83 bits per heavy atom. The third-order valence-electron chi connectivity index (χ3n) is 5.57. The van der Waals surface area contributed by atoms with Crippen LogP contribution in [0.4, 0.5) is 0 Å². The van der Waals surface area contributed by atoms with Crippen molar-refractivity contribution in [3.63, 3.8) is 0 Å². The van der Waals surface area contributed by atoms with Gasteiger partial charge in [0, 0.05) is 32.6 Å². The van der Waals surface area contributed by atoms with E-state index >= 15 is 0 Å². The van der Waals surface area contributed by atoms with Crippen LogP contribution in [0.25, 0.3) is 0 Å². The molecular weight excluding hydrogens is 300 g/mol. The first kappa shape index (κ1) is 17.0. The highest BCUT2D eigenvalue weighted by atomic mass is 16.2. The molecule has 2 amide bonds. The molecule has 0 saturated carbocycles. The molecule has 1 saturated heterocycles. The molecule has 24 heavy (non-hydrogen) atoms. The molecule has 0 radical (unpaired) electrons. The molecule has 2 aliphatic rings. The fraction of sp³-hybridized carbons (Fsp3) is 0.600. The third kappa shape index (κ3) is 3.63. The van der Waals surface area contributed by atoms with Gasteiger partial charge in [-0.1, -0.05) is 32.0 Å². The maximum Gasteiger partial charge on any atom is 0.223 e. The summed E-state index contributed by atoms with van der Waals surface area (Å²) in [5.74, 6) is 0.928. The molecule has 1 unspecified atom stereocenters. The lowest BCUT2D eigenvalue weighted by molar-refractivity contribution is -0.135. The average Bonchev–Trinajstić information content (AvgIpc) is 3.06. The van der Waals surface area contributed by atoms with Crippen molar-refractivity contribution in [3.8, 4) is 0 Å². The molecule has 1 aliphatic heterocycles. The summed E-state index contributed by atoms with van der Waals surface area (Å²) in [6.07, 6.45) is 5.07. The second-order valence-corrected chi connectivity index (χ2v) is 7.46. The standard InChI is InChI=1S/C20H28N2O2/c1-15(2)19(18-7-6-16-4-3-5-17(16)12-18)13-20(24)22-10-8-21(14-23)9-11-22/h6-7,12,14-15,19H,3-5,8-11,13H2,1-2H3. The van der Waals surface area contributed by atoms with Crippen molar-refractivity contribution >= 4 is 12.3 Å². The van der Waals surface area contributed by atoms with Gasteiger partial charge in [0.25, 0.3) is 0 Å². The molecule has 1 aromatic rings. The van der Waals surface area contributed by atoms with Gasteiger partial charge in [-0.25, -0.2) is 0 Å². The zero-order valence-corrected chi connectivity index (χ0v) is 14.8. The Kier molecular flexibility index (Phi) is 5.22. The summed E-state index contributed by atoms with van der Waals surface area (Å²) in [5, 5.41) is 0. The number of carbonyl (C=O) groups is 2. The smallest absolute Gasteiger partial charge is 0.223 e. The number of hydrogen-bond donors (Lipinski definition) is 0. The van der Waals surface area contributed by atoms with Gasteiger partial charge in [-0.05, 0) is 47.8 Å². The third-order valence-corrected chi connectivity index (χ3v) is 5.57. The molecule has 4 heteroatoms. The van der Waals surface area contributed by atoms with Crippen molar-refractivity contribution in [1.29, 1.82) is 0 Å². The number of rotatable bonds is 5. The van der Waals surface area contributed by atoms with E-state index in [2.05, 4.69) is 32.0 Å². The molecule has 4 nitrogen and oxygen atoms in total. The summed E-state index contributed by atoms with van der Waals surface area (Å²) >= 11 is 0. The Hall–Kier alpha value is -1.84. The first-order valence-corrected chi connectivity index (χ1v) is 9.17. The molecule has 1 heterocycles. The van der Waals surface area contributed by atoms with E-state index in [4.69, 9.17) is 0 Å². The SMILES string of the molecule is CC(C)C(CC(=O)N1CCN(C=O)CC1)c1ccc2c(c1)CCC2. The molecule has 0 aromatic heterocycles. The predicted molar refractivity (Wildman–Crippen MR) is 94.9 cm³/mol. The van der Waals surface area contributed by atoms with Gasteiger partial charge in [-0.2, -0.15) is 0 Å². The van der Waals surface area contributed by atoms with E-state index < -0.39 is 0 Å². The van der Waals surface area contributed by atoms with E-state index in [1.54, 1.807) is 4.90 Å². The first-order valence-electron chi connectivity index (χ1n) is 9.17. The molecule has 1 aliphatic carbocycles. The summed E-state index contributed by atoms with van der Waals surface area (Å²) in [6.45, 7) is 7.03. The Labute approximate surface area is 144 Å². The fourth-order valence-corrected chi connectivity index (χ4v) is 3.95. The Morgan fingerprint density at radius 1 is 1.12 bits per heavy atom. The van der Waals surface area contributed by atoms with Gasteiger partial charge in [0.2, 0.25) is 12.3 Å². The average molecular weight is 328 g/mol. The number of hydrogen-bond acceptors (Lipinski definition) is 2. The first-order chi connectivity index (χ1) is 11.6. The van der Waals surface area contributed by atoms with Crippen molar-refractivity contribution in [3.05, 3.63) is 34.9 Å².